The van der Waals surface area contributed by atoms with Crippen LogP contribution in [0.5, 0.6) is 0 Å². The summed E-state index contributed by atoms with van der Waals surface area (Å²) in [7, 11) is 0. The lowest BCUT2D eigenvalue weighted by molar-refractivity contribution is -0.162. The average molecular weight is 785 g/mol. The highest BCUT2D eigenvalue weighted by atomic mass is 79.9. The van der Waals surface area contributed by atoms with Gasteiger partial charge in [-0.05, 0) is 49.8 Å². The summed E-state index contributed by atoms with van der Waals surface area (Å²) in [4.78, 5) is 59.6. The third-order valence-corrected chi connectivity index (χ3v) is 11.3. The SMILES string of the molecule is C=CCCC(=O)N[C@@H](C)[C@H](OC(=O)[C@@H]1[C@H]2O[C@@]3(CC2Br)[C@H](C(=O)N(CC=C)c2ccccc2Cl)N([C@@H](CO)CC(C)C)C(=O)[C@@H]13)c1ccccc1. The van der Waals surface area contributed by atoms with Gasteiger partial charge in [-0.2, -0.15) is 0 Å². The van der Waals surface area contributed by atoms with E-state index >= 15 is 0 Å². The summed E-state index contributed by atoms with van der Waals surface area (Å²) in [6, 6.07) is 13.5. The average Bonchev–Trinajstić information content (AvgIpc) is 3.71. The van der Waals surface area contributed by atoms with E-state index in [0.29, 0.717) is 29.1 Å². The number of hydrogen-bond donors (Lipinski definition) is 2. The fourth-order valence-corrected chi connectivity index (χ4v) is 9.20. The van der Waals surface area contributed by atoms with Crippen molar-refractivity contribution < 1.29 is 33.8 Å². The molecule has 3 saturated heterocycles. The molecule has 5 rings (SSSR count). The van der Waals surface area contributed by atoms with Crippen LogP contribution in [0.3, 0.4) is 0 Å². The number of nitrogens with one attached hydrogen (secondary N) is 1. The number of esters is 1. The van der Waals surface area contributed by atoms with Crippen LogP contribution in [0.4, 0.5) is 5.69 Å². The van der Waals surface area contributed by atoms with Crippen molar-refractivity contribution in [2.24, 2.45) is 17.8 Å². The molecule has 12 heteroatoms. The molecule has 3 aliphatic rings. The Labute approximate surface area is 313 Å². The molecule has 51 heavy (non-hydrogen) atoms. The molecule has 0 aromatic heterocycles. The zero-order chi connectivity index (χ0) is 37.0. The predicted octanol–water partition coefficient (Wildman–Crippen LogP) is 5.77. The number of alkyl halides is 1. The van der Waals surface area contributed by atoms with Crippen LogP contribution in [-0.2, 0) is 28.7 Å². The molecule has 3 heterocycles. The zero-order valence-electron chi connectivity index (χ0n) is 29.3. The first kappa shape index (κ1) is 38.7. The molecule has 10 nitrogen and oxygen atoms in total. The van der Waals surface area contributed by atoms with Crippen LogP contribution < -0.4 is 10.2 Å². The molecule has 274 valence electrons. The number of carbonyl (C=O) groups is 4. The Morgan fingerprint density at radius 3 is 2.45 bits per heavy atom. The van der Waals surface area contributed by atoms with Gasteiger partial charge in [-0.1, -0.05) is 96.0 Å². The van der Waals surface area contributed by atoms with Crippen molar-refractivity contribution in [1.29, 1.82) is 0 Å². The third-order valence-electron chi connectivity index (χ3n) is 10.1. The van der Waals surface area contributed by atoms with E-state index in [2.05, 4.69) is 34.4 Å². The summed E-state index contributed by atoms with van der Waals surface area (Å²) in [6.07, 6.45) is 3.00. The predicted molar refractivity (Wildman–Crippen MR) is 199 cm³/mol. The van der Waals surface area contributed by atoms with Crippen molar-refractivity contribution in [2.45, 2.75) is 87.2 Å². The number of nitrogens with zero attached hydrogens (tertiary/aromatic N) is 2. The summed E-state index contributed by atoms with van der Waals surface area (Å²) >= 11 is 10.3. The van der Waals surface area contributed by atoms with Crippen molar-refractivity contribution in [3.8, 4) is 0 Å². The molecule has 2 bridgehead atoms. The molecule has 2 N–H and O–H groups in total. The lowest BCUT2D eigenvalue weighted by Crippen LogP contribution is -2.59. The van der Waals surface area contributed by atoms with Crippen molar-refractivity contribution in [2.75, 3.05) is 18.1 Å². The maximum absolute atomic E-state index is 15.0. The minimum Gasteiger partial charge on any atom is -0.455 e. The fraction of sp³-hybridized carbons (Fsp3) is 0.487. The van der Waals surface area contributed by atoms with Crippen molar-refractivity contribution in [3.63, 3.8) is 0 Å². The maximum atomic E-state index is 15.0. The monoisotopic (exact) mass is 783 g/mol. The molecule has 1 spiro atoms. The van der Waals surface area contributed by atoms with Crippen LogP contribution in [0.15, 0.2) is 79.9 Å². The maximum Gasteiger partial charge on any atom is 0.313 e. The molecule has 1 unspecified atom stereocenters. The van der Waals surface area contributed by atoms with E-state index in [1.807, 2.05) is 44.2 Å². The van der Waals surface area contributed by atoms with Crippen molar-refractivity contribution >= 4 is 56.9 Å². The number of benzene rings is 2. The smallest absolute Gasteiger partial charge is 0.313 e. The number of likely N-dealkylation sites (tertiary alicyclic amines) is 1. The molecule has 3 amide bonds. The minimum absolute atomic E-state index is 0.0771. The van der Waals surface area contributed by atoms with Crippen LogP contribution in [0.25, 0.3) is 0 Å². The molecule has 3 aliphatic heterocycles. The summed E-state index contributed by atoms with van der Waals surface area (Å²) in [5.74, 6) is -3.84. The van der Waals surface area contributed by atoms with Gasteiger partial charge in [-0.3, -0.25) is 19.2 Å². The molecule has 2 aromatic rings. The lowest BCUT2D eigenvalue weighted by Gasteiger charge is -2.40. The van der Waals surface area contributed by atoms with Crippen LogP contribution in [0.1, 0.15) is 58.1 Å². The largest absolute Gasteiger partial charge is 0.455 e. The van der Waals surface area contributed by atoms with Gasteiger partial charge in [0.1, 0.15) is 17.7 Å². The van der Waals surface area contributed by atoms with Crippen LogP contribution in [0.2, 0.25) is 5.02 Å². The van der Waals surface area contributed by atoms with E-state index in [9.17, 15) is 24.3 Å². The third kappa shape index (κ3) is 7.54. The summed E-state index contributed by atoms with van der Waals surface area (Å²) in [6.45, 7) is 13.0. The minimum atomic E-state index is -1.41. The van der Waals surface area contributed by atoms with Gasteiger partial charge in [0.2, 0.25) is 11.8 Å². The van der Waals surface area contributed by atoms with Crippen molar-refractivity contribution in [3.05, 3.63) is 90.5 Å². The number of fused-ring (bicyclic) bond motifs is 1. The van der Waals surface area contributed by atoms with E-state index in [1.54, 1.807) is 43.3 Å². The summed E-state index contributed by atoms with van der Waals surface area (Å²) in [5.41, 5.74) is -0.301. The lowest BCUT2D eigenvalue weighted by atomic mass is 9.70. The number of anilines is 1. The molecule has 9 atom stereocenters. The zero-order valence-corrected chi connectivity index (χ0v) is 31.6. The Bertz CT molecular complexity index is 1620. The molecule has 0 saturated carbocycles. The highest BCUT2D eigenvalue weighted by Crippen LogP contribution is 2.61. The number of hydrogen-bond acceptors (Lipinski definition) is 7. The van der Waals surface area contributed by atoms with Crippen LogP contribution in [0, 0.1) is 17.8 Å². The van der Waals surface area contributed by atoms with Gasteiger partial charge >= 0.3 is 5.97 Å². The van der Waals surface area contributed by atoms with Crippen LogP contribution >= 0.6 is 27.5 Å². The Morgan fingerprint density at radius 1 is 1.14 bits per heavy atom. The second-order valence-corrected chi connectivity index (χ2v) is 15.6. The number of carbonyl (C=O) groups excluding carboxylic acids is 4. The van der Waals surface area contributed by atoms with E-state index in [0.717, 1.165) is 0 Å². The topological polar surface area (TPSA) is 125 Å². The Hall–Kier alpha value is -3.51. The van der Waals surface area contributed by atoms with Gasteiger partial charge in [0.05, 0.1) is 47.3 Å². The normalized spacial score (nSPS) is 26.7. The van der Waals surface area contributed by atoms with E-state index < -0.39 is 65.6 Å². The molecule has 2 aromatic carbocycles. The van der Waals surface area contributed by atoms with E-state index in [1.165, 1.54) is 9.80 Å². The standard InChI is InChI=1S/C39H47BrClN3O7/c1-6-8-18-30(46)42-24(5)33(25-14-10-9-11-15-25)50-38(49)31-32-36(47)44(26(22-45)20-23(3)4)35(39(32)21-27(40)34(31)51-39)37(48)43(19-7-2)29-17-13-12-16-28(29)41/h6-7,9-17,23-24,26-27,31-35,45H,1-2,8,18-22H2,3-5H3,(H,42,46)/t24-,26+,27?,31-,32+,33-,34-,35-,39+/m0/s1. The molecule has 3 fully saturated rings. The Balaban J connectivity index is 1.56. The first-order valence-electron chi connectivity index (χ1n) is 17.5. The second-order valence-electron chi connectivity index (χ2n) is 14.0. The Kier molecular flexibility index (Phi) is 12.5. The first-order valence-corrected chi connectivity index (χ1v) is 18.8. The number of ether oxygens (including phenoxy) is 2. The second kappa shape index (κ2) is 16.4. The number of amides is 3. The van der Waals surface area contributed by atoms with Crippen LogP contribution in [-0.4, -0.2) is 81.5 Å². The van der Waals surface area contributed by atoms with Crippen molar-refractivity contribution in [1.82, 2.24) is 10.2 Å². The number of aliphatic hydroxyl groups excluding tert-OH is 1. The van der Waals surface area contributed by atoms with Gasteiger partial charge in [-0.25, -0.2) is 0 Å². The van der Waals surface area contributed by atoms with Gasteiger partial charge < -0.3 is 29.7 Å². The summed E-state index contributed by atoms with van der Waals surface area (Å²) < 4.78 is 13.0. The van der Waals surface area contributed by atoms with Gasteiger partial charge in [0.25, 0.3) is 5.91 Å². The number of allylic oxidation sites excluding steroid dienone is 1. The van der Waals surface area contributed by atoms with E-state index in [4.69, 9.17) is 21.1 Å². The number of halogens is 2. The Morgan fingerprint density at radius 2 is 1.82 bits per heavy atom. The molecule has 0 aliphatic carbocycles. The number of rotatable bonds is 16. The van der Waals surface area contributed by atoms with Gasteiger partial charge in [0, 0.05) is 17.8 Å². The first-order chi connectivity index (χ1) is 24.4. The molecule has 0 radical (unpaired) electrons. The fourth-order valence-electron chi connectivity index (χ4n) is 8.02. The summed E-state index contributed by atoms with van der Waals surface area (Å²) in [5, 5.41) is 14.0. The van der Waals surface area contributed by atoms with Gasteiger partial charge in [-0.15, -0.1) is 13.2 Å². The molecular formula is C39H47BrClN3O7. The quantitative estimate of drug-likeness (QED) is 0.126. The number of para-hydroxylation sites is 1. The number of aliphatic hydroxyl groups is 1. The van der Waals surface area contributed by atoms with Gasteiger partial charge in [0.15, 0.2) is 0 Å². The highest BCUT2D eigenvalue weighted by molar-refractivity contribution is 9.09. The molecular weight excluding hydrogens is 738 g/mol. The highest BCUT2D eigenvalue weighted by Gasteiger charge is 2.77. The van der Waals surface area contributed by atoms with E-state index in [-0.39, 0.29) is 42.6 Å².